The lowest BCUT2D eigenvalue weighted by molar-refractivity contribution is 0.0697. The van der Waals surface area contributed by atoms with E-state index in [1.807, 2.05) is 18.2 Å². The molecule has 2 aliphatic heterocycles. The molecule has 186 valence electrons. The molecule has 10 nitrogen and oxygen atoms in total. The highest BCUT2D eigenvalue weighted by atomic mass is 16.4. The minimum absolute atomic E-state index is 0.149. The number of carboxylic acids is 1. The van der Waals surface area contributed by atoms with Gasteiger partial charge < -0.3 is 25.7 Å². The van der Waals surface area contributed by atoms with Gasteiger partial charge in [-0.1, -0.05) is 24.3 Å². The zero-order valence-electron chi connectivity index (χ0n) is 19.9. The number of phenolic OH excluding ortho intramolecular Hbond substituents is 1. The molecule has 2 aliphatic rings. The van der Waals surface area contributed by atoms with Crippen molar-refractivity contribution < 1.29 is 15.0 Å². The number of nitrogen functional groups attached to an aromatic ring is 1. The fourth-order valence-corrected chi connectivity index (χ4v) is 5.30. The van der Waals surface area contributed by atoms with Crippen LogP contribution in [0.2, 0.25) is 0 Å². The Kier molecular flexibility index (Phi) is 5.56. The first kappa shape index (κ1) is 22.7. The Labute approximate surface area is 213 Å². The summed E-state index contributed by atoms with van der Waals surface area (Å²) in [4.78, 5) is 25.0. The summed E-state index contributed by atoms with van der Waals surface area (Å²) in [7, 11) is 0. The standard InChI is InChI=1S/C27H25N7O3/c28-25-23(11-22(31-32-25)21-3-1-2-4-24(21)35)33-14-19-9-10-20(15-33)34(19)27-29-12-18(13-30-27)16-5-7-17(8-6-16)26(36)37/h1-8,11-13,19-20,35H,9-10,14-15H2,(H2,28,32)(H,36,37). The topological polar surface area (TPSA) is 142 Å². The van der Waals surface area contributed by atoms with Gasteiger partial charge in [0, 0.05) is 48.7 Å². The smallest absolute Gasteiger partial charge is 0.335 e. The van der Waals surface area contributed by atoms with Crippen molar-refractivity contribution in [2.24, 2.45) is 0 Å². The van der Waals surface area contributed by atoms with Crippen LogP contribution in [0, 0.1) is 0 Å². The quantitative estimate of drug-likeness (QED) is 0.377. The number of phenols is 1. The summed E-state index contributed by atoms with van der Waals surface area (Å²) in [5, 5.41) is 27.8. The number of aromatic carboxylic acids is 1. The van der Waals surface area contributed by atoms with Crippen LogP contribution < -0.4 is 15.5 Å². The van der Waals surface area contributed by atoms with Crippen LogP contribution >= 0.6 is 0 Å². The zero-order valence-corrected chi connectivity index (χ0v) is 19.9. The third kappa shape index (κ3) is 4.16. The molecule has 2 aromatic heterocycles. The van der Waals surface area contributed by atoms with Crippen LogP contribution in [0.5, 0.6) is 5.75 Å². The Hall–Kier alpha value is -4.73. The predicted molar refractivity (Wildman–Crippen MR) is 139 cm³/mol. The zero-order chi connectivity index (χ0) is 25.5. The summed E-state index contributed by atoms with van der Waals surface area (Å²) in [5.41, 5.74) is 10.2. The summed E-state index contributed by atoms with van der Waals surface area (Å²) >= 11 is 0. The van der Waals surface area contributed by atoms with E-state index in [0.29, 0.717) is 23.0 Å². The molecule has 0 aliphatic carbocycles. The van der Waals surface area contributed by atoms with Crippen LogP contribution in [-0.4, -0.2) is 61.5 Å². The fourth-order valence-electron chi connectivity index (χ4n) is 5.30. The Balaban J connectivity index is 1.22. The maximum absolute atomic E-state index is 11.1. The number of aromatic nitrogens is 4. The Morgan fingerprint density at radius 3 is 2.24 bits per heavy atom. The lowest BCUT2D eigenvalue weighted by Crippen LogP contribution is -2.54. The summed E-state index contributed by atoms with van der Waals surface area (Å²) in [6.45, 7) is 1.49. The average Bonchev–Trinajstić information content (AvgIpc) is 3.18. The summed E-state index contributed by atoms with van der Waals surface area (Å²) in [5.74, 6) is 0.248. The number of para-hydroxylation sites is 1. The molecule has 2 bridgehead atoms. The second kappa shape index (κ2) is 9.05. The van der Waals surface area contributed by atoms with Crippen LogP contribution in [0.4, 0.5) is 17.5 Å². The van der Waals surface area contributed by atoms with E-state index in [4.69, 9.17) is 10.8 Å². The number of fused-ring (bicyclic) bond motifs is 2. The maximum Gasteiger partial charge on any atom is 0.335 e. The molecule has 10 heteroatoms. The van der Waals surface area contributed by atoms with Gasteiger partial charge in [0.2, 0.25) is 5.95 Å². The van der Waals surface area contributed by atoms with Gasteiger partial charge in [0.25, 0.3) is 0 Å². The SMILES string of the molecule is Nc1nnc(-c2ccccc2O)cc1N1CC2CCC(C1)N2c1ncc(-c2ccc(C(=O)O)cc2)cn1. The molecule has 6 rings (SSSR count). The lowest BCUT2D eigenvalue weighted by Gasteiger charge is -2.42. The van der Waals surface area contributed by atoms with E-state index >= 15 is 0 Å². The number of aromatic hydroxyl groups is 1. The van der Waals surface area contributed by atoms with Gasteiger partial charge in [0.05, 0.1) is 16.9 Å². The van der Waals surface area contributed by atoms with Crippen molar-refractivity contribution in [1.29, 1.82) is 0 Å². The van der Waals surface area contributed by atoms with Gasteiger partial charge in [0.1, 0.15) is 5.75 Å². The van der Waals surface area contributed by atoms with E-state index in [1.165, 1.54) is 0 Å². The molecule has 0 amide bonds. The molecule has 2 unspecified atom stereocenters. The first-order valence-electron chi connectivity index (χ1n) is 12.1. The fraction of sp³-hybridized carbons (Fsp3) is 0.222. The highest BCUT2D eigenvalue weighted by molar-refractivity contribution is 5.88. The van der Waals surface area contributed by atoms with E-state index in [1.54, 1.807) is 48.8 Å². The van der Waals surface area contributed by atoms with E-state index in [9.17, 15) is 9.90 Å². The Morgan fingerprint density at radius 2 is 1.59 bits per heavy atom. The predicted octanol–water partition coefficient (Wildman–Crippen LogP) is 3.44. The van der Waals surface area contributed by atoms with Crippen molar-refractivity contribution in [3.8, 4) is 28.1 Å². The summed E-state index contributed by atoms with van der Waals surface area (Å²) < 4.78 is 0. The van der Waals surface area contributed by atoms with Crippen LogP contribution in [0.3, 0.4) is 0 Å². The van der Waals surface area contributed by atoms with Gasteiger partial charge in [0.15, 0.2) is 5.82 Å². The summed E-state index contributed by atoms with van der Waals surface area (Å²) in [6.07, 6.45) is 5.61. The maximum atomic E-state index is 11.1. The van der Waals surface area contributed by atoms with Gasteiger partial charge in [-0.2, -0.15) is 0 Å². The lowest BCUT2D eigenvalue weighted by atomic mass is 10.1. The minimum Gasteiger partial charge on any atom is -0.507 e. The number of nitrogens with zero attached hydrogens (tertiary/aromatic N) is 6. The molecule has 0 spiro atoms. The van der Waals surface area contributed by atoms with E-state index < -0.39 is 5.97 Å². The van der Waals surface area contributed by atoms with E-state index in [2.05, 4.69) is 30.0 Å². The number of piperazine rings is 1. The molecule has 4 N–H and O–H groups in total. The monoisotopic (exact) mass is 495 g/mol. The average molecular weight is 496 g/mol. The number of carboxylic acid groups (broad SMARTS) is 1. The minimum atomic E-state index is -0.952. The molecule has 2 fully saturated rings. The molecular weight excluding hydrogens is 470 g/mol. The number of carbonyl (C=O) groups is 1. The molecule has 0 saturated carbocycles. The molecule has 2 atom stereocenters. The number of hydrogen-bond donors (Lipinski definition) is 3. The third-order valence-corrected chi connectivity index (χ3v) is 7.14. The number of anilines is 3. The van der Waals surface area contributed by atoms with Crippen molar-refractivity contribution in [2.45, 2.75) is 24.9 Å². The van der Waals surface area contributed by atoms with Crippen molar-refractivity contribution >= 4 is 23.4 Å². The Bertz CT molecular complexity index is 1450. The largest absolute Gasteiger partial charge is 0.507 e. The molecule has 2 aromatic carbocycles. The van der Waals surface area contributed by atoms with Crippen molar-refractivity contribution in [1.82, 2.24) is 20.2 Å². The van der Waals surface area contributed by atoms with Gasteiger partial charge in [-0.3, -0.25) is 0 Å². The first-order valence-corrected chi connectivity index (χ1v) is 12.1. The van der Waals surface area contributed by atoms with Gasteiger partial charge in [-0.05, 0) is 48.7 Å². The molecular formula is C27H25N7O3. The Morgan fingerprint density at radius 1 is 0.919 bits per heavy atom. The van der Waals surface area contributed by atoms with Gasteiger partial charge in [-0.25, -0.2) is 14.8 Å². The number of nitrogens with two attached hydrogens (primary N) is 1. The number of benzene rings is 2. The van der Waals surface area contributed by atoms with Crippen molar-refractivity contribution in [3.05, 3.63) is 72.6 Å². The normalized spacial score (nSPS) is 18.7. The van der Waals surface area contributed by atoms with Crippen LogP contribution in [0.1, 0.15) is 23.2 Å². The second-order valence-electron chi connectivity index (χ2n) is 9.37. The van der Waals surface area contributed by atoms with Crippen LogP contribution in [-0.2, 0) is 0 Å². The summed E-state index contributed by atoms with van der Waals surface area (Å²) in [6, 6.07) is 16.1. The molecule has 0 radical (unpaired) electrons. The van der Waals surface area contributed by atoms with Crippen molar-refractivity contribution in [3.63, 3.8) is 0 Å². The highest BCUT2D eigenvalue weighted by Crippen LogP contribution is 2.38. The van der Waals surface area contributed by atoms with Crippen molar-refractivity contribution in [2.75, 3.05) is 28.6 Å². The highest BCUT2D eigenvalue weighted by Gasteiger charge is 2.42. The molecule has 37 heavy (non-hydrogen) atoms. The van der Waals surface area contributed by atoms with Crippen LogP contribution in [0.15, 0.2) is 67.0 Å². The third-order valence-electron chi connectivity index (χ3n) is 7.14. The van der Waals surface area contributed by atoms with E-state index in [0.717, 1.165) is 42.7 Å². The van der Waals surface area contributed by atoms with Crippen LogP contribution in [0.25, 0.3) is 22.4 Å². The van der Waals surface area contributed by atoms with E-state index in [-0.39, 0.29) is 23.4 Å². The molecule has 4 aromatic rings. The number of rotatable bonds is 5. The number of hydrogen-bond acceptors (Lipinski definition) is 9. The second-order valence-corrected chi connectivity index (χ2v) is 9.37. The molecule has 4 heterocycles. The molecule has 2 saturated heterocycles. The van der Waals surface area contributed by atoms with Gasteiger partial charge >= 0.3 is 5.97 Å². The van der Waals surface area contributed by atoms with Gasteiger partial charge in [-0.15, -0.1) is 10.2 Å². The first-order chi connectivity index (χ1) is 18.0.